The van der Waals surface area contributed by atoms with Crippen molar-refractivity contribution in [1.82, 2.24) is 0 Å². The first-order chi connectivity index (χ1) is 16.7. The summed E-state index contributed by atoms with van der Waals surface area (Å²) < 4.78 is 0. The number of rotatable bonds is 19. The second-order valence-corrected chi connectivity index (χ2v) is 9.43. The minimum absolute atomic E-state index is 0.0341. The van der Waals surface area contributed by atoms with Gasteiger partial charge in [-0.25, -0.2) is 0 Å². The summed E-state index contributed by atoms with van der Waals surface area (Å²) in [7, 11) is 0. The third-order valence-electron chi connectivity index (χ3n) is 6.33. The summed E-state index contributed by atoms with van der Waals surface area (Å²) in [6.07, 6.45) is 21.1. The highest BCUT2D eigenvalue weighted by atomic mass is 16.3. The molecule has 0 saturated heterocycles. The molecule has 188 valence electrons. The number of nitrogens with zero attached hydrogens (tertiary/aromatic N) is 1. The van der Waals surface area contributed by atoms with Crippen molar-refractivity contribution in [2.45, 2.75) is 103 Å². The van der Waals surface area contributed by atoms with Gasteiger partial charge in [0.1, 0.15) is 11.5 Å². The first kappa shape index (κ1) is 27.8. The number of unbranched alkanes of at least 4 members (excludes halogenated alkanes) is 13. The maximum atomic E-state index is 9.80. The molecule has 2 rings (SSSR count). The summed E-state index contributed by atoms with van der Waals surface area (Å²) >= 11 is 0. The first-order valence-corrected chi connectivity index (χ1v) is 13.5. The Hall–Kier alpha value is -2.49. The molecule has 0 aliphatic carbocycles. The highest BCUT2D eigenvalue weighted by molar-refractivity contribution is 5.83. The average Bonchev–Trinajstić information content (AvgIpc) is 2.84. The van der Waals surface area contributed by atoms with Crippen LogP contribution in [0, 0.1) is 0 Å². The number of benzene rings is 2. The lowest BCUT2D eigenvalue weighted by Gasteiger charge is -2.07. The zero-order valence-electron chi connectivity index (χ0n) is 21.3. The zero-order chi connectivity index (χ0) is 24.3. The summed E-state index contributed by atoms with van der Waals surface area (Å²) in [6.45, 7) is 3.86. The molecule has 34 heavy (non-hydrogen) atoms. The molecule has 4 heteroatoms. The van der Waals surface area contributed by atoms with Crippen molar-refractivity contribution in [3.05, 3.63) is 53.6 Å². The molecule has 2 aromatic carbocycles. The van der Waals surface area contributed by atoms with E-state index in [0.29, 0.717) is 12.1 Å². The Balaban J connectivity index is 1.45. The van der Waals surface area contributed by atoms with E-state index in [4.69, 9.17) is 0 Å². The largest absolute Gasteiger partial charge is 0.508 e. The average molecular weight is 467 g/mol. The van der Waals surface area contributed by atoms with E-state index >= 15 is 0 Å². The number of hydrogen-bond donors (Lipinski definition) is 3. The van der Waals surface area contributed by atoms with Gasteiger partial charge in [0.05, 0.1) is 6.54 Å². The monoisotopic (exact) mass is 466 g/mol. The molecule has 0 aliphatic heterocycles. The van der Waals surface area contributed by atoms with E-state index in [0.717, 1.165) is 17.8 Å². The molecular weight excluding hydrogens is 420 g/mol. The Morgan fingerprint density at radius 1 is 0.706 bits per heavy atom. The Labute approximate surface area is 207 Å². The van der Waals surface area contributed by atoms with Crippen LogP contribution in [0.15, 0.2) is 47.5 Å². The van der Waals surface area contributed by atoms with Gasteiger partial charge in [-0.2, -0.15) is 0 Å². The lowest BCUT2D eigenvalue weighted by atomic mass is 10.0. The SMILES string of the molecule is CCCCCCCCCCCCCCCCNc1ccc(CN=Cc2ccc(O)cc2O)cc1. The maximum absolute atomic E-state index is 9.80. The quantitative estimate of drug-likeness (QED) is 0.143. The van der Waals surface area contributed by atoms with Crippen molar-refractivity contribution in [2.75, 3.05) is 11.9 Å². The van der Waals surface area contributed by atoms with E-state index < -0.39 is 0 Å². The first-order valence-electron chi connectivity index (χ1n) is 13.5. The minimum atomic E-state index is 0.0341. The van der Waals surface area contributed by atoms with Gasteiger partial charge in [-0.1, -0.05) is 103 Å². The summed E-state index contributed by atoms with van der Waals surface area (Å²) in [6, 6.07) is 12.9. The Morgan fingerprint density at radius 3 is 1.82 bits per heavy atom. The molecule has 0 bridgehead atoms. The van der Waals surface area contributed by atoms with Crippen LogP contribution in [0.3, 0.4) is 0 Å². The standard InChI is InChI=1S/C30H46N2O2/c1-2-3-4-5-6-7-8-9-10-11-12-13-14-15-22-32-28-19-16-26(17-20-28)24-31-25-27-18-21-29(33)23-30(27)34/h16-21,23,25,32-34H,2-15,22,24H2,1H3. The number of phenolic OH excluding ortho intramolecular Hbond substituents is 2. The van der Waals surface area contributed by atoms with Crippen LogP contribution in [0.25, 0.3) is 0 Å². The van der Waals surface area contributed by atoms with E-state index in [2.05, 4.69) is 41.5 Å². The second kappa shape index (κ2) is 17.9. The molecule has 3 N–H and O–H groups in total. The molecule has 0 amide bonds. The van der Waals surface area contributed by atoms with Crippen LogP contribution in [0.5, 0.6) is 11.5 Å². The molecule has 0 saturated carbocycles. The highest BCUT2D eigenvalue weighted by Crippen LogP contribution is 2.21. The molecule has 2 aromatic rings. The van der Waals surface area contributed by atoms with Crippen LogP contribution in [0.1, 0.15) is 108 Å². The number of aromatic hydroxyl groups is 2. The summed E-state index contributed by atoms with van der Waals surface area (Å²) in [5, 5.41) is 22.7. The number of aliphatic imine (C=N–C) groups is 1. The molecule has 0 unspecified atom stereocenters. The van der Waals surface area contributed by atoms with Crippen molar-refractivity contribution < 1.29 is 10.2 Å². The fourth-order valence-corrected chi connectivity index (χ4v) is 4.17. The summed E-state index contributed by atoms with van der Waals surface area (Å²) in [4.78, 5) is 4.39. The number of phenols is 2. The second-order valence-electron chi connectivity index (χ2n) is 9.43. The van der Waals surface area contributed by atoms with Gasteiger partial charge in [0, 0.05) is 30.1 Å². The van der Waals surface area contributed by atoms with Gasteiger partial charge >= 0.3 is 0 Å². The number of nitrogens with one attached hydrogen (secondary N) is 1. The molecule has 0 spiro atoms. The molecule has 0 atom stereocenters. The van der Waals surface area contributed by atoms with Gasteiger partial charge < -0.3 is 15.5 Å². The highest BCUT2D eigenvalue weighted by Gasteiger charge is 1.99. The predicted molar refractivity (Wildman–Crippen MR) is 146 cm³/mol. The molecule has 0 radical (unpaired) electrons. The van der Waals surface area contributed by atoms with Crippen LogP contribution in [0.4, 0.5) is 5.69 Å². The van der Waals surface area contributed by atoms with Gasteiger partial charge in [0.2, 0.25) is 0 Å². The lowest BCUT2D eigenvalue weighted by Crippen LogP contribution is -2.01. The molecule has 4 nitrogen and oxygen atoms in total. The fraction of sp³-hybridized carbons (Fsp3) is 0.567. The third kappa shape index (κ3) is 12.7. The zero-order valence-corrected chi connectivity index (χ0v) is 21.3. The molecule has 0 aliphatic rings. The van der Waals surface area contributed by atoms with Crippen LogP contribution in [-0.4, -0.2) is 23.0 Å². The van der Waals surface area contributed by atoms with Crippen LogP contribution in [0.2, 0.25) is 0 Å². The van der Waals surface area contributed by atoms with Crippen LogP contribution in [-0.2, 0) is 6.54 Å². The van der Waals surface area contributed by atoms with Crippen molar-refractivity contribution in [3.63, 3.8) is 0 Å². The van der Waals surface area contributed by atoms with Crippen molar-refractivity contribution in [1.29, 1.82) is 0 Å². The predicted octanol–water partition coefficient (Wildman–Crippen LogP) is 8.61. The molecule has 0 heterocycles. The third-order valence-corrected chi connectivity index (χ3v) is 6.33. The topological polar surface area (TPSA) is 64.9 Å². The lowest BCUT2D eigenvalue weighted by molar-refractivity contribution is 0.450. The van der Waals surface area contributed by atoms with Crippen LogP contribution >= 0.6 is 0 Å². The maximum Gasteiger partial charge on any atom is 0.128 e. The Morgan fingerprint density at radius 2 is 1.26 bits per heavy atom. The van der Waals surface area contributed by atoms with E-state index in [1.54, 1.807) is 18.3 Å². The van der Waals surface area contributed by atoms with Crippen LogP contribution < -0.4 is 5.32 Å². The van der Waals surface area contributed by atoms with E-state index in [9.17, 15) is 10.2 Å². The van der Waals surface area contributed by atoms with Crippen molar-refractivity contribution >= 4 is 11.9 Å². The number of hydrogen-bond acceptors (Lipinski definition) is 4. The van der Waals surface area contributed by atoms with Gasteiger partial charge in [-0.15, -0.1) is 0 Å². The van der Waals surface area contributed by atoms with E-state index in [1.165, 1.54) is 96.0 Å². The minimum Gasteiger partial charge on any atom is -0.508 e. The van der Waals surface area contributed by atoms with Gasteiger partial charge in [0.25, 0.3) is 0 Å². The normalized spacial score (nSPS) is 11.3. The summed E-state index contributed by atoms with van der Waals surface area (Å²) in [5.41, 5.74) is 2.87. The van der Waals surface area contributed by atoms with E-state index in [1.807, 2.05) is 0 Å². The molecule has 0 aromatic heterocycles. The Kier molecular flexibility index (Phi) is 14.6. The van der Waals surface area contributed by atoms with Crippen molar-refractivity contribution in [3.8, 4) is 11.5 Å². The van der Waals surface area contributed by atoms with E-state index in [-0.39, 0.29) is 11.5 Å². The Bertz CT molecular complexity index is 802. The summed E-state index contributed by atoms with van der Waals surface area (Å²) in [5.74, 6) is 0.0821. The molecular formula is C30H46N2O2. The van der Waals surface area contributed by atoms with Gasteiger partial charge in [0.15, 0.2) is 0 Å². The number of anilines is 1. The smallest absolute Gasteiger partial charge is 0.128 e. The van der Waals surface area contributed by atoms with Gasteiger partial charge in [-0.3, -0.25) is 4.99 Å². The molecule has 0 fully saturated rings. The van der Waals surface area contributed by atoms with Crippen molar-refractivity contribution in [2.24, 2.45) is 4.99 Å². The van der Waals surface area contributed by atoms with Gasteiger partial charge in [-0.05, 0) is 36.2 Å². The fourth-order valence-electron chi connectivity index (χ4n) is 4.17.